The maximum atomic E-state index is 11.0. The van der Waals surface area contributed by atoms with E-state index in [9.17, 15) is 4.79 Å². The molecule has 0 saturated carbocycles. The van der Waals surface area contributed by atoms with Crippen molar-refractivity contribution < 1.29 is 14.7 Å². The molecule has 1 aromatic rings. The van der Waals surface area contributed by atoms with E-state index in [-0.39, 0.29) is 0 Å². The van der Waals surface area contributed by atoms with Crippen molar-refractivity contribution in [2.45, 2.75) is 26.2 Å². The predicted molar refractivity (Wildman–Crippen MR) is 90.6 cm³/mol. The first-order valence-corrected chi connectivity index (χ1v) is 8.01. The second-order valence-corrected chi connectivity index (χ2v) is 5.55. The number of hydrogen-bond acceptors (Lipinski definition) is 4. The first-order chi connectivity index (χ1) is 11.2. The lowest BCUT2D eigenvalue weighted by Crippen LogP contribution is -2.16. The van der Waals surface area contributed by atoms with E-state index in [0.717, 1.165) is 42.8 Å². The fraction of sp³-hybridized carbons (Fsp3) is 0.389. The normalized spacial score (nSPS) is 17.7. The van der Waals surface area contributed by atoms with Crippen LogP contribution in [0.15, 0.2) is 48.1 Å². The average molecular weight is 316 g/mol. The Balaban J connectivity index is 1.91. The third-order valence-corrected chi connectivity index (χ3v) is 3.76. The molecular weight excluding hydrogens is 292 g/mol. The Kier molecular flexibility index (Phi) is 6.69. The van der Waals surface area contributed by atoms with Gasteiger partial charge < -0.3 is 10.1 Å². The van der Waals surface area contributed by atoms with E-state index in [1.54, 1.807) is 11.6 Å². The van der Waals surface area contributed by atoms with E-state index in [4.69, 9.17) is 9.94 Å². The number of carbonyl (C=O) groups is 1. The largest absolute Gasteiger partial charge is 0.494 e. The Morgan fingerprint density at radius 3 is 3.13 bits per heavy atom. The maximum absolute atomic E-state index is 11.0. The van der Waals surface area contributed by atoms with Gasteiger partial charge in [-0.2, -0.15) is 0 Å². The Hall–Kier alpha value is -2.27. The highest BCUT2D eigenvalue weighted by Crippen LogP contribution is 2.25. The minimum atomic E-state index is -0.501. The first kappa shape index (κ1) is 17.1. The average Bonchev–Trinajstić information content (AvgIpc) is 2.59. The monoisotopic (exact) mass is 316 g/mol. The summed E-state index contributed by atoms with van der Waals surface area (Å²) < 4.78 is 5.50. The fourth-order valence-corrected chi connectivity index (χ4v) is 2.67. The maximum Gasteiger partial charge on any atom is 0.267 e. The molecule has 0 bridgehead atoms. The van der Waals surface area contributed by atoms with Crippen LogP contribution in [0.1, 0.15) is 26.2 Å². The van der Waals surface area contributed by atoms with Crippen molar-refractivity contribution in [2.24, 2.45) is 5.92 Å². The molecule has 5 nitrogen and oxygen atoms in total. The van der Waals surface area contributed by atoms with Crippen LogP contribution in [0, 0.1) is 5.92 Å². The third kappa shape index (κ3) is 5.79. The van der Waals surface area contributed by atoms with E-state index >= 15 is 0 Å². The summed E-state index contributed by atoms with van der Waals surface area (Å²) in [5.74, 6) is 0.797. The van der Waals surface area contributed by atoms with E-state index in [1.165, 1.54) is 6.08 Å². The van der Waals surface area contributed by atoms with Crippen molar-refractivity contribution in [3.8, 4) is 5.75 Å². The van der Waals surface area contributed by atoms with Crippen LogP contribution in [-0.4, -0.2) is 24.3 Å². The van der Waals surface area contributed by atoms with Gasteiger partial charge in [0.2, 0.25) is 0 Å². The predicted octanol–water partition coefficient (Wildman–Crippen LogP) is 3.29. The summed E-state index contributed by atoms with van der Waals surface area (Å²) in [5.41, 5.74) is 3.78. The van der Waals surface area contributed by atoms with Crippen molar-refractivity contribution in [1.82, 2.24) is 5.48 Å². The molecule has 0 spiro atoms. The van der Waals surface area contributed by atoms with Crippen LogP contribution >= 0.6 is 0 Å². The van der Waals surface area contributed by atoms with Crippen LogP contribution < -0.4 is 15.5 Å². The molecule has 1 aromatic carbocycles. The highest BCUT2D eigenvalue weighted by Gasteiger charge is 2.12. The highest BCUT2D eigenvalue weighted by molar-refractivity contribution is 5.86. The molecule has 5 heteroatoms. The van der Waals surface area contributed by atoms with Crippen molar-refractivity contribution in [2.75, 3.05) is 18.5 Å². The van der Waals surface area contributed by atoms with Gasteiger partial charge in [0.25, 0.3) is 5.91 Å². The standard InChI is InChI=1S/C18H24N2O3/c1-2-23-17-8-4-7-16(12-17)19-13-15-6-3-5-14(11-15)9-10-18(21)20-22/h4,7-12,15,19,22H,2-3,5-6,13H2,1H3,(H,20,21)/b10-9+. The number of ether oxygens (including phenoxy) is 1. The quantitative estimate of drug-likeness (QED) is 0.410. The molecule has 0 radical (unpaired) electrons. The van der Waals surface area contributed by atoms with Gasteiger partial charge in [0.05, 0.1) is 6.61 Å². The third-order valence-electron chi connectivity index (χ3n) is 3.76. The number of benzene rings is 1. The van der Waals surface area contributed by atoms with Crippen LogP contribution in [0.3, 0.4) is 0 Å². The number of anilines is 1. The van der Waals surface area contributed by atoms with Gasteiger partial charge in [0, 0.05) is 24.4 Å². The van der Waals surface area contributed by atoms with Gasteiger partial charge in [-0.1, -0.05) is 23.8 Å². The van der Waals surface area contributed by atoms with Crippen LogP contribution in [-0.2, 0) is 4.79 Å². The Morgan fingerprint density at radius 2 is 2.35 bits per heavy atom. The van der Waals surface area contributed by atoms with Crippen molar-refractivity contribution in [3.05, 3.63) is 48.1 Å². The molecule has 0 saturated heterocycles. The van der Waals surface area contributed by atoms with E-state index in [1.807, 2.05) is 31.2 Å². The van der Waals surface area contributed by atoms with Gasteiger partial charge in [0.15, 0.2) is 0 Å². The zero-order valence-corrected chi connectivity index (χ0v) is 13.4. The Morgan fingerprint density at radius 1 is 1.48 bits per heavy atom. The van der Waals surface area contributed by atoms with Gasteiger partial charge in [-0.15, -0.1) is 0 Å². The van der Waals surface area contributed by atoms with Crippen LogP contribution in [0.2, 0.25) is 0 Å². The second kappa shape index (κ2) is 9.00. The number of rotatable bonds is 7. The lowest BCUT2D eigenvalue weighted by Gasteiger charge is -2.20. The summed E-state index contributed by atoms with van der Waals surface area (Å²) in [6.07, 6.45) is 8.51. The minimum Gasteiger partial charge on any atom is -0.494 e. The summed E-state index contributed by atoms with van der Waals surface area (Å²) >= 11 is 0. The number of amides is 1. The molecule has 124 valence electrons. The number of allylic oxidation sites excluding steroid dienone is 2. The molecule has 1 aliphatic carbocycles. The molecule has 0 fully saturated rings. The fourth-order valence-electron chi connectivity index (χ4n) is 2.67. The summed E-state index contributed by atoms with van der Waals surface area (Å²) in [5, 5.41) is 11.9. The lowest BCUT2D eigenvalue weighted by molar-refractivity contribution is -0.124. The van der Waals surface area contributed by atoms with E-state index < -0.39 is 5.91 Å². The lowest BCUT2D eigenvalue weighted by atomic mass is 9.90. The van der Waals surface area contributed by atoms with Gasteiger partial charge in [0.1, 0.15) is 5.75 Å². The number of hydrogen-bond donors (Lipinski definition) is 3. The SMILES string of the molecule is CCOc1cccc(NCC2C=C(/C=C/C(=O)NO)CCC2)c1. The number of carbonyl (C=O) groups excluding carboxylic acids is 1. The van der Waals surface area contributed by atoms with Gasteiger partial charge in [-0.3, -0.25) is 10.0 Å². The first-order valence-electron chi connectivity index (χ1n) is 8.01. The molecule has 3 N–H and O–H groups in total. The van der Waals surface area contributed by atoms with Gasteiger partial charge >= 0.3 is 0 Å². The zero-order chi connectivity index (χ0) is 16.5. The molecule has 1 unspecified atom stereocenters. The number of hydroxylamine groups is 1. The molecular formula is C18H24N2O3. The second-order valence-electron chi connectivity index (χ2n) is 5.55. The van der Waals surface area contributed by atoms with Crippen molar-refractivity contribution >= 4 is 11.6 Å². The summed E-state index contributed by atoms with van der Waals surface area (Å²) in [7, 11) is 0. The molecule has 0 aromatic heterocycles. The summed E-state index contributed by atoms with van der Waals surface area (Å²) in [6.45, 7) is 3.48. The van der Waals surface area contributed by atoms with E-state index in [2.05, 4.69) is 11.4 Å². The number of nitrogens with one attached hydrogen (secondary N) is 2. The summed E-state index contributed by atoms with van der Waals surface area (Å²) in [6, 6.07) is 7.96. The zero-order valence-electron chi connectivity index (χ0n) is 13.4. The topological polar surface area (TPSA) is 70.6 Å². The van der Waals surface area contributed by atoms with Crippen molar-refractivity contribution in [3.63, 3.8) is 0 Å². The van der Waals surface area contributed by atoms with Gasteiger partial charge in [-0.25, -0.2) is 5.48 Å². The molecule has 1 aliphatic rings. The van der Waals surface area contributed by atoms with Crippen molar-refractivity contribution in [1.29, 1.82) is 0 Å². The van der Waals surface area contributed by atoms with E-state index in [0.29, 0.717) is 12.5 Å². The molecule has 2 rings (SSSR count). The van der Waals surface area contributed by atoms with Crippen LogP contribution in [0.25, 0.3) is 0 Å². The highest BCUT2D eigenvalue weighted by atomic mass is 16.5. The molecule has 23 heavy (non-hydrogen) atoms. The van der Waals surface area contributed by atoms with Crippen LogP contribution in [0.4, 0.5) is 5.69 Å². The minimum absolute atomic E-state index is 0.427. The smallest absolute Gasteiger partial charge is 0.267 e. The van der Waals surface area contributed by atoms with Gasteiger partial charge in [-0.05, 0) is 44.2 Å². The molecule has 0 heterocycles. The Labute approximate surface area is 137 Å². The summed E-state index contributed by atoms with van der Waals surface area (Å²) in [4.78, 5) is 11.0. The molecule has 1 amide bonds. The molecule has 0 aliphatic heterocycles. The molecule has 1 atom stereocenters. The van der Waals surface area contributed by atoms with Crippen LogP contribution in [0.5, 0.6) is 5.75 Å². The Bertz CT molecular complexity index is 581.